The molecule has 0 aliphatic rings. The van der Waals surface area contributed by atoms with Gasteiger partial charge >= 0.3 is 6.02 Å². The van der Waals surface area contributed by atoms with Crippen LogP contribution >= 0.6 is 0 Å². The van der Waals surface area contributed by atoms with Crippen LogP contribution in [0.4, 0.5) is 0 Å². The molecule has 0 heterocycles. The van der Waals surface area contributed by atoms with Gasteiger partial charge in [-0.3, -0.25) is 4.84 Å². The van der Waals surface area contributed by atoms with E-state index in [-0.39, 0.29) is 6.02 Å². The maximum Gasteiger partial charge on any atom is 0.330 e. The molecule has 0 amide bonds. The van der Waals surface area contributed by atoms with Crippen LogP contribution in [0, 0.1) is 11.5 Å². The molecule has 0 aliphatic carbocycles. The fourth-order valence-corrected chi connectivity index (χ4v) is 1.64. The van der Waals surface area contributed by atoms with Crippen molar-refractivity contribution in [2.24, 2.45) is 4.99 Å². The summed E-state index contributed by atoms with van der Waals surface area (Å²) in [5.41, 5.74) is 3.71. The molecule has 0 unspecified atom stereocenters. The number of rotatable bonds is 5. The third-order valence-corrected chi connectivity index (χ3v) is 2.60. The summed E-state index contributed by atoms with van der Waals surface area (Å²) in [6.07, 6.45) is 2.42. The van der Waals surface area contributed by atoms with E-state index in [0.717, 1.165) is 6.42 Å². The molecule has 0 atom stereocenters. The second kappa shape index (κ2) is 8.35. The molecule has 2 aromatic carbocycles. The summed E-state index contributed by atoms with van der Waals surface area (Å²) in [6.45, 7) is 0.437. The lowest BCUT2D eigenvalue weighted by molar-refractivity contribution is 0.0767. The van der Waals surface area contributed by atoms with Gasteiger partial charge in [0.15, 0.2) is 0 Å². The number of nitrogens with one attached hydrogen (secondary N) is 1. The van der Waals surface area contributed by atoms with Gasteiger partial charge in [0.25, 0.3) is 0 Å². The highest BCUT2D eigenvalue weighted by atomic mass is 16.7. The molecular weight excluding hydrogens is 266 g/mol. The Morgan fingerprint density at radius 2 is 1.71 bits per heavy atom. The number of hydrogen-bond donors (Lipinski definition) is 1. The minimum absolute atomic E-state index is 0.0109. The van der Waals surface area contributed by atoms with Crippen LogP contribution in [0.25, 0.3) is 0 Å². The van der Waals surface area contributed by atoms with E-state index in [9.17, 15) is 0 Å². The van der Waals surface area contributed by atoms with Gasteiger partial charge in [-0.25, -0.2) is 5.48 Å². The van der Waals surface area contributed by atoms with Gasteiger partial charge in [0.05, 0.1) is 6.61 Å². The van der Waals surface area contributed by atoms with Crippen LogP contribution in [-0.2, 0) is 11.3 Å². The lowest BCUT2D eigenvalue weighted by Crippen LogP contribution is -2.29. The van der Waals surface area contributed by atoms with Crippen LogP contribution in [0.3, 0.4) is 0 Å². The van der Waals surface area contributed by atoms with Crippen LogP contribution in [0.5, 0.6) is 5.75 Å². The molecule has 0 saturated carbocycles. The summed E-state index contributed by atoms with van der Waals surface area (Å²) >= 11 is 0. The molecule has 21 heavy (non-hydrogen) atoms. The summed E-state index contributed by atoms with van der Waals surface area (Å²) in [7, 11) is 0. The van der Waals surface area contributed by atoms with Crippen LogP contribution < -0.4 is 10.2 Å². The van der Waals surface area contributed by atoms with Gasteiger partial charge in [-0.1, -0.05) is 48.5 Å². The largest absolute Gasteiger partial charge is 0.424 e. The maximum atomic E-state index is 8.64. The third-order valence-electron chi connectivity index (χ3n) is 2.60. The van der Waals surface area contributed by atoms with Crippen LogP contribution in [0.1, 0.15) is 5.56 Å². The number of nitrogens with zero attached hydrogens (tertiary/aromatic N) is 2. The molecule has 2 rings (SSSR count). The second-order valence-electron chi connectivity index (χ2n) is 4.12. The molecule has 0 saturated heterocycles. The SMILES string of the molecule is N#CN=C(NOCCc1ccccc1)Oc1ccccc1. The smallest absolute Gasteiger partial charge is 0.330 e. The first-order valence-corrected chi connectivity index (χ1v) is 6.50. The Morgan fingerprint density at radius 1 is 1.05 bits per heavy atom. The average molecular weight is 281 g/mol. The predicted octanol–water partition coefficient (Wildman–Crippen LogP) is 2.67. The van der Waals surface area contributed by atoms with Gasteiger partial charge in [-0.05, 0) is 24.1 Å². The number of benzene rings is 2. The molecule has 1 N–H and O–H groups in total. The van der Waals surface area contributed by atoms with E-state index in [2.05, 4.69) is 10.5 Å². The molecular formula is C16H15N3O2. The summed E-state index contributed by atoms with van der Waals surface area (Å²) in [5.74, 6) is 0.575. The van der Waals surface area contributed by atoms with Crippen molar-refractivity contribution in [1.82, 2.24) is 5.48 Å². The van der Waals surface area contributed by atoms with Gasteiger partial charge in [0.1, 0.15) is 5.75 Å². The van der Waals surface area contributed by atoms with Crippen molar-refractivity contribution in [2.75, 3.05) is 6.61 Å². The zero-order valence-electron chi connectivity index (χ0n) is 11.4. The highest BCUT2D eigenvalue weighted by Crippen LogP contribution is 2.08. The van der Waals surface area contributed by atoms with Crippen molar-refractivity contribution in [3.63, 3.8) is 0 Å². The highest BCUT2D eigenvalue weighted by molar-refractivity contribution is 5.75. The molecule has 0 aromatic heterocycles. The molecule has 0 spiro atoms. The Balaban J connectivity index is 1.79. The number of nitriles is 1. The number of hydroxylamine groups is 1. The van der Waals surface area contributed by atoms with Crippen molar-refractivity contribution >= 4 is 6.02 Å². The average Bonchev–Trinajstić information content (AvgIpc) is 2.54. The molecule has 0 aliphatic heterocycles. The van der Waals surface area contributed by atoms with E-state index in [1.165, 1.54) is 5.56 Å². The van der Waals surface area contributed by atoms with E-state index in [4.69, 9.17) is 14.8 Å². The van der Waals surface area contributed by atoms with Crippen molar-refractivity contribution in [3.05, 3.63) is 66.2 Å². The molecule has 0 bridgehead atoms. The molecule has 2 aromatic rings. The van der Waals surface area contributed by atoms with E-state index >= 15 is 0 Å². The quantitative estimate of drug-likeness (QED) is 0.301. The molecule has 106 valence electrons. The lowest BCUT2D eigenvalue weighted by Gasteiger charge is -2.09. The Labute approximate surface area is 123 Å². The number of aliphatic imine (C=N–C) groups is 1. The Hall–Kier alpha value is -2.84. The van der Waals surface area contributed by atoms with Crippen molar-refractivity contribution in [3.8, 4) is 11.9 Å². The maximum absolute atomic E-state index is 8.64. The van der Waals surface area contributed by atoms with Crippen molar-refractivity contribution < 1.29 is 9.57 Å². The molecule has 5 heteroatoms. The van der Waals surface area contributed by atoms with Crippen LogP contribution in [-0.4, -0.2) is 12.6 Å². The third kappa shape index (κ3) is 5.35. The normalized spacial score (nSPS) is 10.7. The monoisotopic (exact) mass is 281 g/mol. The minimum atomic E-state index is 0.0109. The summed E-state index contributed by atoms with van der Waals surface area (Å²) in [6, 6.07) is 19.0. The molecule has 0 fully saturated rings. The minimum Gasteiger partial charge on any atom is -0.424 e. The first-order valence-electron chi connectivity index (χ1n) is 6.50. The van der Waals surface area contributed by atoms with E-state index < -0.39 is 0 Å². The van der Waals surface area contributed by atoms with Crippen LogP contribution in [0.2, 0.25) is 0 Å². The first-order chi connectivity index (χ1) is 10.4. The Kier molecular flexibility index (Phi) is 5.80. The van der Waals surface area contributed by atoms with Crippen molar-refractivity contribution in [1.29, 1.82) is 5.26 Å². The Bertz CT molecular complexity index is 606. The van der Waals surface area contributed by atoms with Gasteiger partial charge in [0, 0.05) is 0 Å². The summed E-state index contributed by atoms with van der Waals surface area (Å²) in [5, 5.41) is 8.64. The molecule has 5 nitrogen and oxygen atoms in total. The Morgan fingerprint density at radius 3 is 2.38 bits per heavy atom. The van der Waals surface area contributed by atoms with Crippen LogP contribution in [0.15, 0.2) is 65.7 Å². The zero-order valence-corrected chi connectivity index (χ0v) is 11.4. The standard InChI is InChI=1S/C16H15N3O2/c17-13-18-16(21-15-9-5-2-6-10-15)19-20-12-11-14-7-3-1-4-8-14/h1-10H,11-12H2,(H,18,19). The summed E-state index contributed by atoms with van der Waals surface area (Å²) in [4.78, 5) is 8.80. The fourth-order valence-electron chi connectivity index (χ4n) is 1.64. The predicted molar refractivity (Wildman–Crippen MR) is 79.4 cm³/mol. The topological polar surface area (TPSA) is 66.6 Å². The second-order valence-corrected chi connectivity index (χ2v) is 4.12. The highest BCUT2D eigenvalue weighted by Gasteiger charge is 2.02. The number of ether oxygens (including phenoxy) is 1. The number of para-hydroxylation sites is 1. The van der Waals surface area contributed by atoms with Gasteiger partial charge < -0.3 is 4.74 Å². The van der Waals surface area contributed by atoms with Gasteiger partial charge in [0.2, 0.25) is 6.19 Å². The van der Waals surface area contributed by atoms with Gasteiger partial charge in [-0.2, -0.15) is 5.26 Å². The first kappa shape index (κ1) is 14.6. The fraction of sp³-hybridized carbons (Fsp3) is 0.125. The number of amidine groups is 1. The van der Waals surface area contributed by atoms with E-state index in [0.29, 0.717) is 12.4 Å². The van der Waals surface area contributed by atoms with Gasteiger partial charge in [-0.15, -0.1) is 4.99 Å². The number of hydrogen-bond acceptors (Lipinski definition) is 4. The van der Waals surface area contributed by atoms with E-state index in [1.807, 2.05) is 48.5 Å². The van der Waals surface area contributed by atoms with E-state index in [1.54, 1.807) is 18.3 Å². The van der Waals surface area contributed by atoms with Crippen molar-refractivity contribution in [2.45, 2.75) is 6.42 Å². The lowest BCUT2D eigenvalue weighted by atomic mass is 10.2. The molecule has 0 radical (unpaired) electrons. The zero-order chi connectivity index (χ0) is 14.8. The summed E-state index contributed by atoms with van der Waals surface area (Å²) < 4.78 is 5.40.